The first-order valence-electron chi connectivity index (χ1n) is 7.93. The monoisotopic (exact) mass is 484 g/mol. The number of nitrogens with zero attached hydrogens (tertiary/aromatic N) is 2. The maximum Gasteiger partial charge on any atom is 0.211 e. The Morgan fingerprint density at radius 3 is 2.60 bits per heavy atom. The zero-order chi connectivity index (χ0) is 18.0. The summed E-state index contributed by atoms with van der Waals surface area (Å²) < 4.78 is 29.7. The molecule has 1 aromatic rings. The largest absolute Gasteiger partial charge is 0.497 e. The summed E-state index contributed by atoms with van der Waals surface area (Å²) in [5, 5.41) is 6.41. The first-order chi connectivity index (χ1) is 11.4. The van der Waals surface area contributed by atoms with Gasteiger partial charge in [0, 0.05) is 33.2 Å². The zero-order valence-corrected chi connectivity index (χ0v) is 18.4. The molecule has 144 valence electrons. The number of sulfonamides is 1. The van der Waals surface area contributed by atoms with Crippen molar-refractivity contribution in [3.05, 3.63) is 29.8 Å². The molecular formula is C16H29IN4O3S. The molecule has 25 heavy (non-hydrogen) atoms. The Kier molecular flexibility index (Phi) is 11.8. The lowest BCUT2D eigenvalue weighted by molar-refractivity contribution is 0.414. The minimum Gasteiger partial charge on any atom is -0.497 e. The molecule has 0 aliphatic carbocycles. The molecule has 2 N–H and O–H groups in total. The van der Waals surface area contributed by atoms with Crippen molar-refractivity contribution in [2.24, 2.45) is 4.99 Å². The van der Waals surface area contributed by atoms with Gasteiger partial charge in [0.15, 0.2) is 5.96 Å². The first kappa shape index (κ1) is 23.9. The van der Waals surface area contributed by atoms with Gasteiger partial charge in [-0.15, -0.1) is 24.0 Å². The van der Waals surface area contributed by atoms with Crippen molar-refractivity contribution >= 4 is 40.0 Å². The summed E-state index contributed by atoms with van der Waals surface area (Å²) in [6, 6.07) is 7.81. The van der Waals surface area contributed by atoms with E-state index in [4.69, 9.17) is 4.74 Å². The fraction of sp³-hybridized carbons (Fsp3) is 0.562. The summed E-state index contributed by atoms with van der Waals surface area (Å²) in [7, 11) is 0.220. The van der Waals surface area contributed by atoms with Gasteiger partial charge in [0.2, 0.25) is 10.0 Å². The van der Waals surface area contributed by atoms with Crippen LogP contribution < -0.4 is 15.4 Å². The van der Waals surface area contributed by atoms with Gasteiger partial charge in [-0.25, -0.2) is 12.7 Å². The van der Waals surface area contributed by atoms with E-state index in [9.17, 15) is 8.42 Å². The summed E-state index contributed by atoms with van der Waals surface area (Å²) in [4.78, 5) is 4.16. The average Bonchev–Trinajstić information content (AvgIpc) is 2.56. The quantitative estimate of drug-likeness (QED) is 0.241. The van der Waals surface area contributed by atoms with Crippen molar-refractivity contribution in [2.45, 2.75) is 19.9 Å². The second-order valence-electron chi connectivity index (χ2n) is 5.31. The molecule has 0 unspecified atom stereocenters. The highest BCUT2D eigenvalue weighted by atomic mass is 127. The van der Waals surface area contributed by atoms with Crippen LogP contribution in [0.1, 0.15) is 18.9 Å². The SMILES string of the molecule is CCN(CCCNC(=NC)NCc1cccc(OC)c1)S(C)(=O)=O.I. The normalized spacial score (nSPS) is 11.8. The van der Waals surface area contributed by atoms with Crippen LogP contribution in [0.25, 0.3) is 0 Å². The number of hydrogen-bond acceptors (Lipinski definition) is 4. The van der Waals surface area contributed by atoms with Crippen molar-refractivity contribution in [1.29, 1.82) is 0 Å². The molecule has 0 radical (unpaired) electrons. The van der Waals surface area contributed by atoms with E-state index in [1.165, 1.54) is 10.6 Å². The smallest absolute Gasteiger partial charge is 0.211 e. The number of aliphatic imine (C=N–C) groups is 1. The van der Waals surface area contributed by atoms with Gasteiger partial charge < -0.3 is 15.4 Å². The van der Waals surface area contributed by atoms with Crippen LogP contribution in [0.4, 0.5) is 0 Å². The number of ether oxygens (including phenoxy) is 1. The Bertz CT molecular complexity index is 638. The summed E-state index contributed by atoms with van der Waals surface area (Å²) in [5.41, 5.74) is 1.09. The highest BCUT2D eigenvalue weighted by molar-refractivity contribution is 14.0. The number of hydrogen-bond donors (Lipinski definition) is 2. The van der Waals surface area contributed by atoms with Crippen LogP contribution in [0.5, 0.6) is 5.75 Å². The molecule has 0 aromatic heterocycles. The molecule has 7 nitrogen and oxygen atoms in total. The molecule has 0 heterocycles. The van der Waals surface area contributed by atoms with Crippen LogP contribution in [0.15, 0.2) is 29.3 Å². The van der Waals surface area contributed by atoms with Gasteiger partial charge >= 0.3 is 0 Å². The lowest BCUT2D eigenvalue weighted by Gasteiger charge is -2.18. The Labute approximate surface area is 168 Å². The molecule has 0 aliphatic rings. The summed E-state index contributed by atoms with van der Waals surface area (Å²) in [6.45, 7) is 4.09. The van der Waals surface area contributed by atoms with E-state index in [0.29, 0.717) is 38.6 Å². The van der Waals surface area contributed by atoms with Gasteiger partial charge in [-0.3, -0.25) is 4.99 Å². The van der Waals surface area contributed by atoms with Gasteiger partial charge in [-0.05, 0) is 24.1 Å². The lowest BCUT2D eigenvalue weighted by atomic mass is 10.2. The number of benzene rings is 1. The third-order valence-corrected chi connectivity index (χ3v) is 4.89. The lowest BCUT2D eigenvalue weighted by Crippen LogP contribution is -2.39. The molecule has 0 fully saturated rings. The van der Waals surface area contributed by atoms with E-state index in [1.807, 2.05) is 31.2 Å². The topological polar surface area (TPSA) is 83.0 Å². The molecule has 1 rings (SSSR count). The van der Waals surface area contributed by atoms with Crippen molar-refractivity contribution in [2.75, 3.05) is 40.0 Å². The predicted octanol–water partition coefficient (Wildman–Crippen LogP) is 1.65. The second kappa shape index (κ2) is 12.3. The highest BCUT2D eigenvalue weighted by Crippen LogP contribution is 2.11. The first-order valence-corrected chi connectivity index (χ1v) is 9.78. The van der Waals surface area contributed by atoms with E-state index < -0.39 is 10.0 Å². The molecule has 0 bridgehead atoms. The molecular weight excluding hydrogens is 455 g/mol. The van der Waals surface area contributed by atoms with Gasteiger partial charge in [0.25, 0.3) is 0 Å². The van der Waals surface area contributed by atoms with Crippen LogP contribution in [0, 0.1) is 0 Å². The Morgan fingerprint density at radius 1 is 1.32 bits per heavy atom. The summed E-state index contributed by atoms with van der Waals surface area (Å²) >= 11 is 0. The van der Waals surface area contributed by atoms with E-state index >= 15 is 0 Å². The second-order valence-corrected chi connectivity index (χ2v) is 7.29. The third kappa shape index (κ3) is 9.26. The highest BCUT2D eigenvalue weighted by Gasteiger charge is 2.13. The van der Waals surface area contributed by atoms with E-state index in [0.717, 1.165) is 11.3 Å². The van der Waals surface area contributed by atoms with Gasteiger partial charge in [-0.1, -0.05) is 19.1 Å². The number of halogens is 1. The standard InChI is InChI=1S/C16H28N4O3S.HI/c1-5-20(24(4,21)22)11-7-10-18-16(17-2)19-13-14-8-6-9-15(12-14)23-3;/h6,8-9,12H,5,7,10-11,13H2,1-4H3,(H2,17,18,19);1H. The van der Waals surface area contributed by atoms with Crippen LogP contribution in [-0.4, -0.2) is 58.7 Å². The van der Waals surface area contributed by atoms with E-state index in [-0.39, 0.29) is 24.0 Å². The van der Waals surface area contributed by atoms with Crippen molar-refractivity contribution in [3.63, 3.8) is 0 Å². The summed E-state index contributed by atoms with van der Waals surface area (Å²) in [6.07, 6.45) is 1.94. The van der Waals surface area contributed by atoms with Crippen LogP contribution >= 0.6 is 24.0 Å². The molecule has 0 spiro atoms. The van der Waals surface area contributed by atoms with Crippen molar-refractivity contribution in [3.8, 4) is 5.75 Å². The van der Waals surface area contributed by atoms with Crippen LogP contribution in [-0.2, 0) is 16.6 Å². The van der Waals surface area contributed by atoms with Gasteiger partial charge in [0.05, 0.1) is 13.4 Å². The average molecular weight is 484 g/mol. The molecule has 0 atom stereocenters. The molecule has 0 saturated carbocycles. The molecule has 0 aliphatic heterocycles. The molecule has 9 heteroatoms. The Morgan fingerprint density at radius 2 is 2.04 bits per heavy atom. The zero-order valence-electron chi connectivity index (χ0n) is 15.3. The number of nitrogens with one attached hydrogen (secondary N) is 2. The van der Waals surface area contributed by atoms with E-state index in [2.05, 4.69) is 15.6 Å². The van der Waals surface area contributed by atoms with Crippen LogP contribution in [0.3, 0.4) is 0 Å². The van der Waals surface area contributed by atoms with Crippen LogP contribution in [0.2, 0.25) is 0 Å². The maximum atomic E-state index is 11.5. The predicted molar refractivity (Wildman–Crippen MR) is 113 cm³/mol. The fourth-order valence-electron chi connectivity index (χ4n) is 2.21. The van der Waals surface area contributed by atoms with E-state index in [1.54, 1.807) is 14.2 Å². The van der Waals surface area contributed by atoms with Crippen molar-refractivity contribution < 1.29 is 13.2 Å². The number of methoxy groups -OCH3 is 1. The number of rotatable bonds is 9. The van der Waals surface area contributed by atoms with Crippen molar-refractivity contribution in [1.82, 2.24) is 14.9 Å². The minimum atomic E-state index is -3.13. The third-order valence-electron chi connectivity index (χ3n) is 3.52. The fourth-order valence-corrected chi connectivity index (χ4v) is 3.14. The summed E-state index contributed by atoms with van der Waals surface area (Å²) in [5.74, 6) is 1.50. The Hall–Kier alpha value is -1.07. The molecule has 0 saturated heterocycles. The van der Waals surface area contributed by atoms with Gasteiger partial charge in [-0.2, -0.15) is 0 Å². The molecule has 0 amide bonds. The van der Waals surface area contributed by atoms with Gasteiger partial charge in [0.1, 0.15) is 5.75 Å². The minimum absolute atomic E-state index is 0. The molecule has 1 aromatic carbocycles. The maximum absolute atomic E-state index is 11.5. The Balaban J connectivity index is 0.00000576. The number of guanidine groups is 1.